The maximum atomic E-state index is 13.8. The number of methoxy groups -OCH3 is 1. The van der Waals surface area contributed by atoms with Crippen LogP contribution >= 0.6 is 0 Å². The molecule has 0 radical (unpaired) electrons. The van der Waals surface area contributed by atoms with Crippen molar-refractivity contribution in [2.75, 3.05) is 35.3 Å². The second-order valence-electron chi connectivity index (χ2n) is 8.47. The Hall–Kier alpha value is -4.34. The number of rotatable bonds is 5. The number of carbonyl (C=O) groups excluding carboxylic acids is 1. The molecule has 180 valence electrons. The number of benzene rings is 2. The predicted octanol–water partition coefficient (Wildman–Crippen LogP) is 4.32. The molecule has 0 spiro atoms. The van der Waals surface area contributed by atoms with Gasteiger partial charge in [0.25, 0.3) is 0 Å². The summed E-state index contributed by atoms with van der Waals surface area (Å²) in [6.07, 6.45) is 1.86. The van der Waals surface area contributed by atoms with Gasteiger partial charge in [0.15, 0.2) is 0 Å². The highest BCUT2D eigenvalue weighted by molar-refractivity contribution is 6.06. The van der Waals surface area contributed by atoms with E-state index in [1.165, 1.54) is 4.90 Å². The largest absolute Gasteiger partial charge is 0.497 e. The van der Waals surface area contributed by atoms with Crippen molar-refractivity contribution in [1.29, 1.82) is 0 Å². The normalized spacial score (nSPS) is 16.1. The molecule has 2 aromatic carbocycles. The number of hydrogen-bond acceptors (Lipinski definition) is 6. The molecule has 0 unspecified atom stereocenters. The maximum absolute atomic E-state index is 13.8. The quantitative estimate of drug-likeness (QED) is 0.567. The van der Waals surface area contributed by atoms with E-state index in [9.17, 15) is 14.7 Å². The summed E-state index contributed by atoms with van der Waals surface area (Å²) in [7, 11) is 1.60. The van der Waals surface area contributed by atoms with Gasteiger partial charge in [0.05, 0.1) is 13.7 Å². The lowest BCUT2D eigenvalue weighted by atomic mass is 10.0. The molecule has 5 rings (SSSR count). The first-order valence-electron chi connectivity index (χ1n) is 11.4. The zero-order valence-corrected chi connectivity index (χ0v) is 19.3. The van der Waals surface area contributed by atoms with Crippen LogP contribution in [0.4, 0.5) is 32.7 Å². The Bertz CT molecular complexity index is 1210. The third kappa shape index (κ3) is 4.54. The molecule has 10 nitrogen and oxygen atoms in total. The van der Waals surface area contributed by atoms with Crippen molar-refractivity contribution >= 4 is 35.3 Å². The van der Waals surface area contributed by atoms with Crippen LogP contribution in [0.15, 0.2) is 60.8 Å². The third-order valence-electron chi connectivity index (χ3n) is 6.35. The van der Waals surface area contributed by atoms with Gasteiger partial charge in [0.1, 0.15) is 11.6 Å². The van der Waals surface area contributed by atoms with E-state index in [-0.39, 0.29) is 12.1 Å². The lowest BCUT2D eigenvalue weighted by Gasteiger charge is -2.42. The van der Waals surface area contributed by atoms with Crippen molar-refractivity contribution in [3.05, 3.63) is 66.4 Å². The number of carboxylic acid groups (broad SMARTS) is 1. The Balaban J connectivity index is 1.49. The number of urea groups is 1. The van der Waals surface area contributed by atoms with E-state index in [0.717, 1.165) is 16.9 Å². The first-order chi connectivity index (χ1) is 17.0. The van der Waals surface area contributed by atoms with Crippen molar-refractivity contribution in [2.24, 2.45) is 0 Å². The Morgan fingerprint density at radius 2 is 1.80 bits per heavy atom. The van der Waals surface area contributed by atoms with Gasteiger partial charge in [-0.3, -0.25) is 9.80 Å². The Morgan fingerprint density at radius 3 is 2.46 bits per heavy atom. The van der Waals surface area contributed by atoms with E-state index in [1.807, 2.05) is 54.6 Å². The monoisotopic (exact) mass is 474 g/mol. The van der Waals surface area contributed by atoms with Gasteiger partial charge < -0.3 is 20.1 Å². The van der Waals surface area contributed by atoms with Crippen LogP contribution in [-0.2, 0) is 6.54 Å². The van der Waals surface area contributed by atoms with Gasteiger partial charge in [-0.05, 0) is 49.2 Å². The molecule has 0 aliphatic carbocycles. The fourth-order valence-corrected chi connectivity index (χ4v) is 4.50. The van der Waals surface area contributed by atoms with Crippen LogP contribution in [0.2, 0.25) is 0 Å². The number of nitrogens with one attached hydrogen (secondary N) is 1. The summed E-state index contributed by atoms with van der Waals surface area (Å²) in [6, 6.07) is 16.5. The van der Waals surface area contributed by atoms with E-state index < -0.39 is 6.09 Å². The number of carbonyl (C=O) groups is 2. The van der Waals surface area contributed by atoms with Crippen molar-refractivity contribution in [2.45, 2.75) is 25.4 Å². The van der Waals surface area contributed by atoms with Gasteiger partial charge in [0, 0.05) is 42.3 Å². The fourth-order valence-electron chi connectivity index (χ4n) is 4.50. The molecule has 2 aliphatic heterocycles. The third-order valence-corrected chi connectivity index (χ3v) is 6.35. The van der Waals surface area contributed by atoms with Crippen molar-refractivity contribution < 1.29 is 19.4 Å². The number of anilines is 4. The molecule has 0 saturated carbocycles. The Morgan fingerprint density at radius 1 is 1.09 bits per heavy atom. The number of hydrogen-bond donors (Lipinski definition) is 2. The molecule has 2 aliphatic rings. The van der Waals surface area contributed by atoms with Gasteiger partial charge in [-0.1, -0.05) is 18.2 Å². The van der Waals surface area contributed by atoms with Crippen molar-refractivity contribution in [1.82, 2.24) is 14.9 Å². The molecule has 0 atom stereocenters. The van der Waals surface area contributed by atoms with E-state index in [1.54, 1.807) is 23.1 Å². The van der Waals surface area contributed by atoms with Gasteiger partial charge >= 0.3 is 12.1 Å². The number of aromatic nitrogens is 2. The minimum atomic E-state index is -0.939. The van der Waals surface area contributed by atoms with Crippen LogP contribution in [0.3, 0.4) is 0 Å². The summed E-state index contributed by atoms with van der Waals surface area (Å²) in [5.41, 5.74) is 2.40. The molecule has 3 amide bonds. The molecule has 1 aromatic heterocycles. The molecular weight excluding hydrogens is 448 g/mol. The lowest BCUT2D eigenvalue weighted by molar-refractivity contribution is 0.132. The van der Waals surface area contributed by atoms with Gasteiger partial charge in [0.2, 0.25) is 5.95 Å². The summed E-state index contributed by atoms with van der Waals surface area (Å²) < 4.78 is 5.25. The van der Waals surface area contributed by atoms with E-state index >= 15 is 0 Å². The van der Waals surface area contributed by atoms with E-state index in [0.29, 0.717) is 50.0 Å². The van der Waals surface area contributed by atoms with Crippen LogP contribution in [0.5, 0.6) is 5.75 Å². The van der Waals surface area contributed by atoms with Gasteiger partial charge in [-0.15, -0.1) is 0 Å². The Kier molecular flexibility index (Phi) is 6.09. The van der Waals surface area contributed by atoms with Gasteiger partial charge in [-0.2, -0.15) is 4.98 Å². The number of amides is 3. The highest BCUT2D eigenvalue weighted by Gasteiger charge is 2.39. The number of likely N-dealkylation sites (tertiary alicyclic amines) is 1. The zero-order chi connectivity index (χ0) is 24.4. The second kappa shape index (κ2) is 9.49. The lowest BCUT2D eigenvalue weighted by Crippen LogP contribution is -2.55. The zero-order valence-electron chi connectivity index (χ0n) is 19.3. The smallest absolute Gasteiger partial charge is 0.407 e. The minimum absolute atomic E-state index is 0.183. The standard InChI is InChI=1S/C25H26N6O4/c1-35-21-9-7-19(8-10-21)30-16-17-15-26-23(27-18-5-3-2-4-6-18)28-22(17)31(24(30)32)20-11-13-29(14-12-20)25(33)34/h2-10,15,20H,11-14,16H2,1H3,(H,33,34)(H,26,27,28). The van der Waals surface area contributed by atoms with E-state index in [2.05, 4.69) is 10.3 Å². The summed E-state index contributed by atoms with van der Waals surface area (Å²) >= 11 is 0. The highest BCUT2D eigenvalue weighted by Crippen LogP contribution is 2.35. The average molecular weight is 475 g/mol. The number of piperidine rings is 1. The maximum Gasteiger partial charge on any atom is 0.407 e. The molecule has 35 heavy (non-hydrogen) atoms. The summed E-state index contributed by atoms with van der Waals surface area (Å²) in [4.78, 5) is 39.3. The van der Waals surface area contributed by atoms with Crippen LogP contribution in [0.1, 0.15) is 18.4 Å². The number of ether oxygens (including phenoxy) is 1. The van der Waals surface area contributed by atoms with E-state index in [4.69, 9.17) is 9.72 Å². The number of nitrogens with zero attached hydrogens (tertiary/aromatic N) is 5. The second-order valence-corrected chi connectivity index (χ2v) is 8.47. The fraction of sp³-hybridized carbons (Fsp3) is 0.280. The number of para-hydroxylation sites is 1. The van der Waals surface area contributed by atoms with Gasteiger partial charge in [-0.25, -0.2) is 14.6 Å². The highest BCUT2D eigenvalue weighted by atomic mass is 16.5. The molecule has 3 aromatic rings. The molecular formula is C25H26N6O4. The van der Waals surface area contributed by atoms with Crippen molar-refractivity contribution in [3.63, 3.8) is 0 Å². The molecule has 2 N–H and O–H groups in total. The van der Waals surface area contributed by atoms with Crippen LogP contribution in [0.25, 0.3) is 0 Å². The molecule has 1 saturated heterocycles. The van der Waals surface area contributed by atoms with Crippen molar-refractivity contribution in [3.8, 4) is 5.75 Å². The SMILES string of the molecule is COc1ccc(N2Cc3cnc(Nc4ccccc4)nc3N(C3CCN(C(=O)O)CC3)C2=O)cc1. The molecule has 1 fully saturated rings. The summed E-state index contributed by atoms with van der Waals surface area (Å²) in [5.74, 6) is 1.66. The summed E-state index contributed by atoms with van der Waals surface area (Å²) in [5, 5.41) is 12.5. The van der Waals surface area contributed by atoms with Crippen LogP contribution < -0.4 is 19.9 Å². The number of fused-ring (bicyclic) bond motifs is 1. The van der Waals surface area contributed by atoms with Crippen LogP contribution in [0, 0.1) is 0 Å². The predicted molar refractivity (Wildman–Crippen MR) is 131 cm³/mol. The topological polar surface area (TPSA) is 111 Å². The first-order valence-corrected chi connectivity index (χ1v) is 11.4. The average Bonchev–Trinajstić information content (AvgIpc) is 2.89. The first kappa shape index (κ1) is 22.5. The Labute approximate surface area is 202 Å². The minimum Gasteiger partial charge on any atom is -0.497 e. The molecule has 10 heteroatoms. The summed E-state index contributed by atoms with van der Waals surface area (Å²) in [6.45, 7) is 1.06. The van der Waals surface area contributed by atoms with Crippen LogP contribution in [-0.4, -0.2) is 58.3 Å². The molecule has 3 heterocycles. The molecule has 0 bridgehead atoms.